The standard InChI is InChI=1S/C23H21ClN4O3/c1-30-19-7-6-14(11-20(19)31-2)22-21-17(27-23-25-12-26-28(22)23)9-15(10-18(21)29)13-4-3-5-16(24)8-13/h3-8,11-12,15,22H,9-10H2,1-2H3,(H,25,26,27)/t15-,22-/m1/s1. The molecule has 1 N–H and O–H groups in total. The number of allylic oxidation sites excluding steroid dienone is 2. The third-order valence-corrected chi connectivity index (χ3v) is 6.14. The number of halogens is 1. The zero-order valence-electron chi connectivity index (χ0n) is 17.1. The van der Waals surface area contributed by atoms with Crippen LogP contribution < -0.4 is 14.8 Å². The molecule has 0 fully saturated rings. The molecule has 8 heteroatoms. The number of nitrogens with one attached hydrogen (secondary N) is 1. The third-order valence-electron chi connectivity index (χ3n) is 5.91. The van der Waals surface area contributed by atoms with Crippen LogP contribution in [0.4, 0.5) is 5.95 Å². The van der Waals surface area contributed by atoms with Crippen molar-refractivity contribution < 1.29 is 14.3 Å². The molecule has 2 atom stereocenters. The molecule has 0 amide bonds. The van der Waals surface area contributed by atoms with E-state index in [4.69, 9.17) is 21.1 Å². The first-order valence-corrected chi connectivity index (χ1v) is 10.4. The van der Waals surface area contributed by atoms with Gasteiger partial charge < -0.3 is 14.8 Å². The maximum absolute atomic E-state index is 13.4. The number of hydrogen-bond acceptors (Lipinski definition) is 6. The quantitative estimate of drug-likeness (QED) is 0.654. The molecule has 3 aromatic rings. The lowest BCUT2D eigenvalue weighted by Gasteiger charge is -2.35. The second-order valence-electron chi connectivity index (χ2n) is 7.65. The number of benzene rings is 2. The molecular weight excluding hydrogens is 416 g/mol. The molecular formula is C23H21ClN4O3. The van der Waals surface area contributed by atoms with Gasteiger partial charge in [-0.2, -0.15) is 10.1 Å². The SMILES string of the molecule is COc1ccc([C@@H]2C3=C(C[C@@H](c4cccc(Cl)c4)CC3=O)Nc3ncnn32)cc1OC. The highest BCUT2D eigenvalue weighted by atomic mass is 35.5. The number of anilines is 1. The molecule has 2 aliphatic rings. The highest BCUT2D eigenvalue weighted by Crippen LogP contribution is 2.45. The second kappa shape index (κ2) is 7.74. The Bertz CT molecular complexity index is 1200. The third kappa shape index (κ3) is 3.35. The summed E-state index contributed by atoms with van der Waals surface area (Å²) in [7, 11) is 3.19. The second-order valence-corrected chi connectivity index (χ2v) is 8.08. The smallest absolute Gasteiger partial charge is 0.226 e. The first-order chi connectivity index (χ1) is 15.1. The van der Waals surface area contributed by atoms with Gasteiger partial charge in [-0.3, -0.25) is 4.79 Å². The predicted octanol–water partition coefficient (Wildman–Crippen LogP) is 4.36. The number of Topliss-reactive ketones (excluding diaryl/α,β-unsaturated/α-hetero) is 1. The van der Waals surface area contributed by atoms with E-state index in [9.17, 15) is 4.79 Å². The van der Waals surface area contributed by atoms with Gasteiger partial charge >= 0.3 is 0 Å². The van der Waals surface area contributed by atoms with Crippen LogP contribution in [-0.2, 0) is 4.79 Å². The molecule has 158 valence electrons. The van der Waals surface area contributed by atoms with Crippen LogP contribution in [0.2, 0.25) is 5.02 Å². The summed E-state index contributed by atoms with van der Waals surface area (Å²) in [6.07, 6.45) is 2.60. The van der Waals surface area contributed by atoms with Crippen LogP contribution in [0.1, 0.15) is 35.9 Å². The Morgan fingerprint density at radius 3 is 2.68 bits per heavy atom. The van der Waals surface area contributed by atoms with E-state index < -0.39 is 0 Å². The minimum atomic E-state index is -0.388. The van der Waals surface area contributed by atoms with Gasteiger partial charge in [0.15, 0.2) is 17.3 Å². The summed E-state index contributed by atoms with van der Waals surface area (Å²) in [5, 5.41) is 8.40. The number of aromatic nitrogens is 3. The lowest BCUT2D eigenvalue weighted by Crippen LogP contribution is -2.33. The van der Waals surface area contributed by atoms with E-state index in [1.807, 2.05) is 42.5 Å². The monoisotopic (exact) mass is 436 g/mol. The number of ether oxygens (including phenoxy) is 2. The number of ketones is 1. The summed E-state index contributed by atoms with van der Waals surface area (Å²) in [6.45, 7) is 0. The predicted molar refractivity (Wildman–Crippen MR) is 117 cm³/mol. The Kier molecular flexibility index (Phi) is 4.90. The Hall–Kier alpha value is -3.32. The fourth-order valence-corrected chi connectivity index (χ4v) is 4.68. The summed E-state index contributed by atoms with van der Waals surface area (Å²) >= 11 is 6.19. The molecule has 31 heavy (non-hydrogen) atoms. The van der Waals surface area contributed by atoms with E-state index in [2.05, 4.69) is 15.4 Å². The van der Waals surface area contributed by atoms with Gasteiger partial charge in [0.2, 0.25) is 5.95 Å². The number of rotatable bonds is 4. The van der Waals surface area contributed by atoms with E-state index in [1.165, 1.54) is 6.33 Å². The fourth-order valence-electron chi connectivity index (χ4n) is 4.48. The molecule has 2 heterocycles. The summed E-state index contributed by atoms with van der Waals surface area (Å²) < 4.78 is 12.6. The van der Waals surface area contributed by atoms with Crippen molar-refractivity contribution in [2.75, 3.05) is 19.5 Å². The van der Waals surface area contributed by atoms with Crippen molar-refractivity contribution in [3.63, 3.8) is 0 Å². The minimum Gasteiger partial charge on any atom is -0.493 e. The maximum Gasteiger partial charge on any atom is 0.226 e. The molecule has 1 aromatic heterocycles. The molecule has 1 aliphatic carbocycles. The summed E-state index contributed by atoms with van der Waals surface area (Å²) in [5.74, 6) is 1.97. The highest BCUT2D eigenvalue weighted by Gasteiger charge is 2.39. The summed E-state index contributed by atoms with van der Waals surface area (Å²) in [4.78, 5) is 17.8. The Morgan fingerprint density at radius 1 is 1.06 bits per heavy atom. The average Bonchev–Trinajstić information content (AvgIpc) is 3.25. The summed E-state index contributed by atoms with van der Waals surface area (Å²) in [5.41, 5.74) is 3.53. The molecule has 0 spiro atoms. The first-order valence-electron chi connectivity index (χ1n) is 9.99. The molecule has 0 saturated heterocycles. The topological polar surface area (TPSA) is 78.3 Å². The minimum absolute atomic E-state index is 0.0537. The number of fused-ring (bicyclic) bond motifs is 1. The first kappa shape index (κ1) is 19.6. The van der Waals surface area contributed by atoms with E-state index in [1.54, 1.807) is 18.9 Å². The molecule has 5 rings (SSSR count). The van der Waals surface area contributed by atoms with Crippen molar-refractivity contribution >= 4 is 23.3 Å². The van der Waals surface area contributed by atoms with Gasteiger partial charge in [-0.25, -0.2) is 4.68 Å². The number of carbonyl (C=O) groups excluding carboxylic acids is 1. The van der Waals surface area contributed by atoms with Crippen molar-refractivity contribution in [3.05, 3.63) is 76.2 Å². The molecule has 0 saturated carbocycles. The van der Waals surface area contributed by atoms with Crippen LogP contribution in [-0.4, -0.2) is 34.8 Å². The Morgan fingerprint density at radius 2 is 1.90 bits per heavy atom. The van der Waals surface area contributed by atoms with Gasteiger partial charge in [-0.15, -0.1) is 0 Å². The number of methoxy groups -OCH3 is 2. The molecule has 2 aromatic carbocycles. The molecule has 7 nitrogen and oxygen atoms in total. The maximum atomic E-state index is 13.4. The zero-order valence-corrected chi connectivity index (χ0v) is 17.9. The van der Waals surface area contributed by atoms with Gasteiger partial charge in [0, 0.05) is 22.7 Å². The van der Waals surface area contributed by atoms with Crippen LogP contribution >= 0.6 is 11.6 Å². The van der Waals surface area contributed by atoms with Gasteiger partial charge in [-0.05, 0) is 47.7 Å². The van der Waals surface area contributed by atoms with Gasteiger partial charge in [0.25, 0.3) is 0 Å². The normalized spacial score (nSPS) is 20.0. The lowest BCUT2D eigenvalue weighted by atomic mass is 9.78. The molecule has 1 aliphatic heterocycles. The summed E-state index contributed by atoms with van der Waals surface area (Å²) in [6, 6.07) is 13.0. The van der Waals surface area contributed by atoms with Gasteiger partial charge in [-0.1, -0.05) is 29.8 Å². The Labute approximate surface area is 184 Å². The Balaban J connectivity index is 1.60. The van der Waals surface area contributed by atoms with E-state index in [-0.39, 0.29) is 17.7 Å². The zero-order chi connectivity index (χ0) is 21.5. The van der Waals surface area contributed by atoms with Crippen LogP contribution in [0.15, 0.2) is 60.1 Å². The van der Waals surface area contributed by atoms with Crippen molar-refractivity contribution in [1.82, 2.24) is 14.8 Å². The molecule has 0 unspecified atom stereocenters. The highest BCUT2D eigenvalue weighted by molar-refractivity contribution is 6.30. The average molecular weight is 437 g/mol. The van der Waals surface area contributed by atoms with Crippen molar-refractivity contribution in [1.29, 1.82) is 0 Å². The van der Waals surface area contributed by atoms with Crippen LogP contribution in [0.3, 0.4) is 0 Å². The molecule has 0 bridgehead atoms. The van der Waals surface area contributed by atoms with Crippen LogP contribution in [0, 0.1) is 0 Å². The molecule has 0 radical (unpaired) electrons. The lowest BCUT2D eigenvalue weighted by molar-refractivity contribution is -0.116. The van der Waals surface area contributed by atoms with Gasteiger partial charge in [0.05, 0.1) is 14.2 Å². The van der Waals surface area contributed by atoms with E-state index in [0.717, 1.165) is 16.8 Å². The number of carbonyl (C=O) groups is 1. The van der Waals surface area contributed by atoms with Crippen molar-refractivity contribution in [2.45, 2.75) is 24.8 Å². The van der Waals surface area contributed by atoms with Gasteiger partial charge in [0.1, 0.15) is 12.4 Å². The van der Waals surface area contributed by atoms with E-state index in [0.29, 0.717) is 40.9 Å². The van der Waals surface area contributed by atoms with Crippen LogP contribution in [0.5, 0.6) is 11.5 Å². The largest absolute Gasteiger partial charge is 0.493 e. The van der Waals surface area contributed by atoms with Crippen molar-refractivity contribution in [2.24, 2.45) is 0 Å². The van der Waals surface area contributed by atoms with Crippen LogP contribution in [0.25, 0.3) is 0 Å². The van der Waals surface area contributed by atoms with Crippen molar-refractivity contribution in [3.8, 4) is 11.5 Å². The fraction of sp³-hybridized carbons (Fsp3) is 0.261. The van der Waals surface area contributed by atoms with E-state index >= 15 is 0 Å². The number of hydrogen-bond donors (Lipinski definition) is 1. The number of nitrogens with zero attached hydrogens (tertiary/aromatic N) is 3.